The highest BCUT2D eigenvalue weighted by molar-refractivity contribution is 5.80. The third-order valence-corrected chi connectivity index (χ3v) is 2.87. The molecule has 3 rings (SSSR count). The molecule has 0 unspecified atom stereocenters. The van der Waals surface area contributed by atoms with Crippen LogP contribution in [0.1, 0.15) is 0 Å². The van der Waals surface area contributed by atoms with Crippen LogP contribution >= 0.6 is 0 Å². The van der Waals surface area contributed by atoms with Crippen molar-refractivity contribution in [3.8, 4) is 22.4 Å². The molecule has 100 valence electrons. The van der Waals surface area contributed by atoms with Gasteiger partial charge in [0.15, 0.2) is 11.6 Å². The minimum Gasteiger partial charge on any atom is -0.284 e. The Morgan fingerprint density at radius 3 is 2.50 bits per heavy atom. The fraction of sp³-hybridized carbons (Fsp3) is 0. The Balaban J connectivity index is 2.12. The van der Waals surface area contributed by atoms with Gasteiger partial charge in [0.05, 0.1) is 5.69 Å². The SMILES string of the molecule is Fc1cc(-c2c[nH]nc2-c2ccc(F)c(F)c2)ccn1. The van der Waals surface area contributed by atoms with Gasteiger partial charge in [-0.15, -0.1) is 0 Å². The quantitative estimate of drug-likeness (QED) is 0.726. The number of nitrogens with one attached hydrogen (secondary N) is 1. The number of benzene rings is 1. The Morgan fingerprint density at radius 2 is 1.75 bits per heavy atom. The van der Waals surface area contributed by atoms with E-state index in [-0.39, 0.29) is 0 Å². The van der Waals surface area contributed by atoms with Crippen molar-refractivity contribution >= 4 is 0 Å². The Morgan fingerprint density at radius 1 is 0.900 bits per heavy atom. The van der Waals surface area contributed by atoms with Crippen molar-refractivity contribution in [2.24, 2.45) is 0 Å². The number of rotatable bonds is 2. The second-order valence-corrected chi connectivity index (χ2v) is 4.14. The van der Waals surface area contributed by atoms with Gasteiger partial charge < -0.3 is 0 Å². The monoisotopic (exact) mass is 275 g/mol. The molecule has 0 saturated heterocycles. The first-order valence-corrected chi connectivity index (χ1v) is 5.76. The zero-order valence-electron chi connectivity index (χ0n) is 10.1. The van der Waals surface area contributed by atoms with Gasteiger partial charge in [-0.2, -0.15) is 9.49 Å². The molecule has 20 heavy (non-hydrogen) atoms. The van der Waals surface area contributed by atoms with Gasteiger partial charge >= 0.3 is 0 Å². The van der Waals surface area contributed by atoms with E-state index in [9.17, 15) is 13.2 Å². The maximum absolute atomic E-state index is 13.3. The average molecular weight is 275 g/mol. The van der Waals surface area contributed by atoms with Crippen LogP contribution in [0.5, 0.6) is 0 Å². The van der Waals surface area contributed by atoms with E-state index in [1.54, 1.807) is 12.3 Å². The van der Waals surface area contributed by atoms with Crippen molar-refractivity contribution < 1.29 is 13.2 Å². The molecule has 2 heterocycles. The van der Waals surface area contributed by atoms with Crippen LogP contribution in [0.4, 0.5) is 13.2 Å². The number of hydrogen-bond donors (Lipinski definition) is 1. The summed E-state index contributed by atoms with van der Waals surface area (Å²) in [7, 11) is 0. The normalized spacial score (nSPS) is 10.8. The predicted molar refractivity (Wildman–Crippen MR) is 67.1 cm³/mol. The van der Waals surface area contributed by atoms with Gasteiger partial charge in [-0.1, -0.05) is 0 Å². The Bertz CT molecular complexity index is 768. The summed E-state index contributed by atoms with van der Waals surface area (Å²) in [6, 6.07) is 6.34. The zero-order valence-corrected chi connectivity index (χ0v) is 10.1. The number of aromatic nitrogens is 3. The van der Waals surface area contributed by atoms with Crippen LogP contribution in [0.15, 0.2) is 42.7 Å². The summed E-state index contributed by atoms with van der Waals surface area (Å²) >= 11 is 0. The molecule has 6 heteroatoms. The van der Waals surface area contributed by atoms with Gasteiger partial charge in [-0.3, -0.25) is 5.10 Å². The van der Waals surface area contributed by atoms with Gasteiger partial charge in [0.25, 0.3) is 0 Å². The standard InChI is InChI=1S/C14H8F3N3/c15-11-2-1-9(5-12(11)16)14-10(7-19-20-14)8-3-4-18-13(17)6-8/h1-7H,(H,19,20). The molecule has 2 aromatic heterocycles. The summed E-state index contributed by atoms with van der Waals surface area (Å²) in [4.78, 5) is 3.47. The molecule has 0 atom stereocenters. The Labute approximate surface area is 112 Å². The van der Waals surface area contributed by atoms with Gasteiger partial charge in [-0.25, -0.2) is 13.8 Å². The molecule has 0 aliphatic heterocycles. The second kappa shape index (κ2) is 4.80. The molecular weight excluding hydrogens is 267 g/mol. The first-order chi connectivity index (χ1) is 9.65. The summed E-state index contributed by atoms with van der Waals surface area (Å²) in [5.74, 6) is -2.52. The first-order valence-electron chi connectivity index (χ1n) is 5.76. The molecule has 3 aromatic rings. The van der Waals surface area contributed by atoms with Crippen LogP contribution in [0, 0.1) is 17.6 Å². The van der Waals surface area contributed by atoms with E-state index in [2.05, 4.69) is 15.2 Å². The molecule has 0 aliphatic rings. The third-order valence-electron chi connectivity index (χ3n) is 2.87. The second-order valence-electron chi connectivity index (χ2n) is 4.14. The number of H-pyrrole nitrogens is 1. The van der Waals surface area contributed by atoms with Crippen LogP contribution < -0.4 is 0 Å². The summed E-state index contributed by atoms with van der Waals surface area (Å²) in [6.07, 6.45) is 2.89. The summed E-state index contributed by atoms with van der Waals surface area (Å²) in [5.41, 5.74) is 1.94. The van der Waals surface area contributed by atoms with Crippen LogP contribution in [0.2, 0.25) is 0 Å². The maximum Gasteiger partial charge on any atom is 0.213 e. The fourth-order valence-electron chi connectivity index (χ4n) is 1.94. The Hall–Kier alpha value is -2.63. The van der Waals surface area contributed by atoms with E-state index in [1.807, 2.05) is 0 Å². The third kappa shape index (κ3) is 2.16. The van der Waals surface area contributed by atoms with Gasteiger partial charge in [0.1, 0.15) is 0 Å². The summed E-state index contributed by atoms with van der Waals surface area (Å²) in [5, 5.41) is 6.65. The van der Waals surface area contributed by atoms with Gasteiger partial charge in [0, 0.05) is 29.6 Å². The molecule has 0 aliphatic carbocycles. The molecule has 0 saturated carbocycles. The van der Waals surface area contributed by atoms with E-state index in [4.69, 9.17) is 0 Å². The van der Waals surface area contributed by atoms with E-state index in [0.717, 1.165) is 12.1 Å². The highest BCUT2D eigenvalue weighted by atomic mass is 19.2. The smallest absolute Gasteiger partial charge is 0.213 e. The molecule has 1 aromatic carbocycles. The largest absolute Gasteiger partial charge is 0.284 e. The van der Waals surface area contributed by atoms with Gasteiger partial charge in [0.2, 0.25) is 5.95 Å². The minimum absolute atomic E-state index is 0.400. The topological polar surface area (TPSA) is 41.6 Å². The van der Waals surface area contributed by atoms with E-state index < -0.39 is 17.6 Å². The van der Waals surface area contributed by atoms with Crippen LogP contribution in [0.25, 0.3) is 22.4 Å². The lowest BCUT2D eigenvalue weighted by Gasteiger charge is -2.03. The number of halogens is 3. The molecule has 0 radical (unpaired) electrons. The van der Waals surface area contributed by atoms with E-state index in [0.29, 0.717) is 22.4 Å². The maximum atomic E-state index is 13.3. The lowest BCUT2D eigenvalue weighted by molar-refractivity contribution is 0.509. The van der Waals surface area contributed by atoms with Crippen LogP contribution in [-0.4, -0.2) is 15.2 Å². The summed E-state index contributed by atoms with van der Waals surface area (Å²) < 4.78 is 39.4. The molecule has 0 fully saturated rings. The van der Waals surface area contributed by atoms with Crippen molar-refractivity contribution in [2.45, 2.75) is 0 Å². The molecular formula is C14H8F3N3. The molecule has 0 spiro atoms. The average Bonchev–Trinajstić information content (AvgIpc) is 2.91. The Kier molecular flexibility index (Phi) is 2.98. The lowest BCUT2D eigenvalue weighted by atomic mass is 10.0. The van der Waals surface area contributed by atoms with E-state index in [1.165, 1.54) is 18.3 Å². The van der Waals surface area contributed by atoms with Crippen molar-refractivity contribution in [3.63, 3.8) is 0 Å². The number of aromatic amines is 1. The number of pyridine rings is 1. The highest BCUT2D eigenvalue weighted by Gasteiger charge is 2.13. The van der Waals surface area contributed by atoms with E-state index >= 15 is 0 Å². The minimum atomic E-state index is -0.961. The molecule has 1 N–H and O–H groups in total. The number of nitrogens with zero attached hydrogens (tertiary/aromatic N) is 2. The molecule has 0 amide bonds. The van der Waals surface area contributed by atoms with Crippen LogP contribution in [0.3, 0.4) is 0 Å². The van der Waals surface area contributed by atoms with Gasteiger partial charge in [-0.05, 0) is 29.8 Å². The lowest BCUT2D eigenvalue weighted by Crippen LogP contribution is -1.89. The van der Waals surface area contributed by atoms with Crippen molar-refractivity contribution in [3.05, 3.63) is 60.3 Å². The molecule has 0 bridgehead atoms. The zero-order chi connectivity index (χ0) is 14.1. The van der Waals surface area contributed by atoms with Crippen molar-refractivity contribution in [1.29, 1.82) is 0 Å². The summed E-state index contributed by atoms with van der Waals surface area (Å²) in [6.45, 7) is 0. The van der Waals surface area contributed by atoms with Crippen molar-refractivity contribution in [2.75, 3.05) is 0 Å². The van der Waals surface area contributed by atoms with Crippen LogP contribution in [-0.2, 0) is 0 Å². The van der Waals surface area contributed by atoms with Crippen molar-refractivity contribution in [1.82, 2.24) is 15.2 Å². The predicted octanol–water partition coefficient (Wildman–Crippen LogP) is 3.56. The first kappa shape index (κ1) is 12.4. The highest BCUT2D eigenvalue weighted by Crippen LogP contribution is 2.30. The fourth-order valence-corrected chi connectivity index (χ4v) is 1.94. The molecule has 3 nitrogen and oxygen atoms in total. The number of hydrogen-bond acceptors (Lipinski definition) is 2.